The molecule has 0 radical (unpaired) electrons. The number of rotatable bonds is 8. The number of aliphatic hydroxyl groups is 1. The molecule has 1 aliphatic heterocycles. The van der Waals surface area contributed by atoms with Crippen molar-refractivity contribution in [1.82, 2.24) is 4.90 Å². The minimum atomic E-state index is -0.650. The number of ether oxygens (including phenoxy) is 1. The maximum absolute atomic E-state index is 11.3. The van der Waals surface area contributed by atoms with Gasteiger partial charge in [-0.05, 0) is 60.8 Å². The summed E-state index contributed by atoms with van der Waals surface area (Å²) in [5.74, 6) is 0.286. The Kier molecular flexibility index (Phi) is 7.69. The molecular formula is C23H26ClN3O3. The van der Waals surface area contributed by atoms with Gasteiger partial charge in [-0.1, -0.05) is 35.9 Å². The van der Waals surface area contributed by atoms with E-state index in [1.807, 2.05) is 36.4 Å². The van der Waals surface area contributed by atoms with Crippen molar-refractivity contribution in [2.45, 2.75) is 25.4 Å². The Morgan fingerprint density at radius 2 is 1.93 bits per heavy atom. The van der Waals surface area contributed by atoms with Crippen molar-refractivity contribution in [2.24, 2.45) is 11.7 Å². The largest absolute Gasteiger partial charge is 0.491 e. The zero-order valence-electron chi connectivity index (χ0n) is 16.8. The van der Waals surface area contributed by atoms with Gasteiger partial charge in [0.15, 0.2) is 0 Å². The molecule has 2 aromatic rings. The van der Waals surface area contributed by atoms with Crippen molar-refractivity contribution < 1.29 is 14.6 Å². The lowest BCUT2D eigenvalue weighted by Crippen LogP contribution is -2.43. The second-order valence-electron chi connectivity index (χ2n) is 7.65. The smallest absolute Gasteiger partial charge is 0.220 e. The molecule has 0 bridgehead atoms. The van der Waals surface area contributed by atoms with E-state index in [4.69, 9.17) is 27.3 Å². The number of β-amino-alcohol motifs (C(OH)–C–C–N with tert-alkyl or cyclic N) is 1. The van der Waals surface area contributed by atoms with E-state index in [-0.39, 0.29) is 18.4 Å². The normalized spacial score (nSPS) is 16.0. The Labute approximate surface area is 181 Å². The van der Waals surface area contributed by atoms with Gasteiger partial charge in [-0.25, -0.2) is 0 Å². The standard InChI is InChI=1S/C23H26ClN3O3/c24-20-11-19(17-3-1-16(2-4-17)5-8-25)12-22(13-20)30-15-21(28)14-27-9-6-18(7-10-27)23(26)29/h1-4,11-13,18,21,28H,5-7,9-10,14-15H2,(H2,26,29). The molecule has 0 spiro atoms. The summed E-state index contributed by atoms with van der Waals surface area (Å²) in [4.78, 5) is 13.4. The summed E-state index contributed by atoms with van der Waals surface area (Å²) >= 11 is 6.26. The summed E-state index contributed by atoms with van der Waals surface area (Å²) in [5.41, 5.74) is 8.20. The van der Waals surface area contributed by atoms with E-state index in [0.29, 0.717) is 23.7 Å². The van der Waals surface area contributed by atoms with Gasteiger partial charge in [0.05, 0.1) is 12.5 Å². The molecule has 3 rings (SSSR count). The number of nitriles is 1. The number of carbonyl (C=O) groups excluding carboxylic acids is 1. The van der Waals surface area contributed by atoms with Crippen LogP contribution >= 0.6 is 11.6 Å². The second-order valence-corrected chi connectivity index (χ2v) is 8.09. The number of hydrogen-bond donors (Lipinski definition) is 2. The molecule has 0 aromatic heterocycles. The third-order valence-corrected chi connectivity index (χ3v) is 5.56. The lowest BCUT2D eigenvalue weighted by Gasteiger charge is -2.31. The molecule has 1 saturated heterocycles. The molecule has 1 atom stereocenters. The molecule has 3 N–H and O–H groups in total. The first-order valence-corrected chi connectivity index (χ1v) is 10.4. The number of halogens is 1. The number of primary amides is 1. The molecule has 2 aromatic carbocycles. The molecule has 1 aliphatic rings. The van der Waals surface area contributed by atoms with E-state index in [2.05, 4.69) is 11.0 Å². The topological polar surface area (TPSA) is 99.6 Å². The van der Waals surface area contributed by atoms with Crippen LogP contribution in [0.3, 0.4) is 0 Å². The first kappa shape index (κ1) is 22.1. The second kappa shape index (κ2) is 10.4. The predicted octanol–water partition coefficient (Wildman–Crippen LogP) is 3.01. The van der Waals surface area contributed by atoms with Crippen molar-refractivity contribution in [3.63, 3.8) is 0 Å². The molecule has 1 heterocycles. The molecule has 0 saturated carbocycles. The molecule has 7 heteroatoms. The van der Waals surface area contributed by atoms with Crippen LogP contribution in [0.2, 0.25) is 5.02 Å². The van der Waals surface area contributed by atoms with E-state index in [9.17, 15) is 9.90 Å². The van der Waals surface area contributed by atoms with Crippen LogP contribution in [0.4, 0.5) is 0 Å². The number of nitrogens with two attached hydrogens (primary N) is 1. The van der Waals surface area contributed by atoms with Gasteiger partial charge in [0, 0.05) is 17.5 Å². The van der Waals surface area contributed by atoms with Crippen molar-refractivity contribution in [2.75, 3.05) is 26.2 Å². The summed E-state index contributed by atoms with van der Waals surface area (Å²) < 4.78 is 5.80. The Bertz CT molecular complexity index is 903. The zero-order chi connectivity index (χ0) is 21.5. The summed E-state index contributed by atoms with van der Waals surface area (Å²) in [6.07, 6.45) is 1.19. The van der Waals surface area contributed by atoms with E-state index in [1.165, 1.54) is 0 Å². The van der Waals surface area contributed by atoms with Crippen molar-refractivity contribution in [3.05, 3.63) is 53.1 Å². The molecule has 1 fully saturated rings. The average Bonchev–Trinajstić information content (AvgIpc) is 2.73. The molecule has 1 amide bonds. The van der Waals surface area contributed by atoms with Crippen LogP contribution in [0.5, 0.6) is 5.75 Å². The first-order chi connectivity index (χ1) is 14.4. The molecule has 0 aliphatic carbocycles. The maximum atomic E-state index is 11.3. The highest BCUT2D eigenvalue weighted by Crippen LogP contribution is 2.29. The van der Waals surface area contributed by atoms with E-state index in [0.717, 1.165) is 42.6 Å². The Morgan fingerprint density at radius 1 is 1.23 bits per heavy atom. The summed E-state index contributed by atoms with van der Waals surface area (Å²) in [7, 11) is 0. The van der Waals surface area contributed by atoms with Crippen LogP contribution in [-0.2, 0) is 11.2 Å². The minimum Gasteiger partial charge on any atom is -0.491 e. The Morgan fingerprint density at radius 3 is 2.57 bits per heavy atom. The summed E-state index contributed by atoms with van der Waals surface area (Å²) in [6, 6.07) is 15.3. The van der Waals surface area contributed by atoms with Gasteiger partial charge in [0.1, 0.15) is 18.5 Å². The molecule has 158 valence electrons. The fourth-order valence-corrected chi connectivity index (χ4v) is 3.89. The minimum absolute atomic E-state index is 0.0616. The SMILES string of the molecule is N#CCc1ccc(-c2cc(Cl)cc(OCC(O)CN3CCC(C(N)=O)CC3)c2)cc1. The van der Waals surface area contributed by atoms with E-state index in [1.54, 1.807) is 6.07 Å². The summed E-state index contributed by atoms with van der Waals surface area (Å²) in [5, 5.41) is 19.7. The highest BCUT2D eigenvalue weighted by molar-refractivity contribution is 6.31. The zero-order valence-corrected chi connectivity index (χ0v) is 17.5. The number of hydrogen-bond acceptors (Lipinski definition) is 5. The van der Waals surface area contributed by atoms with Crippen LogP contribution < -0.4 is 10.5 Å². The number of aliphatic hydroxyl groups excluding tert-OH is 1. The van der Waals surface area contributed by atoms with Gasteiger partial charge in [-0.3, -0.25) is 4.79 Å². The average molecular weight is 428 g/mol. The van der Waals surface area contributed by atoms with Crippen molar-refractivity contribution in [1.29, 1.82) is 5.26 Å². The third-order valence-electron chi connectivity index (χ3n) is 5.34. The van der Waals surface area contributed by atoms with Gasteiger partial charge in [-0.15, -0.1) is 0 Å². The lowest BCUT2D eigenvalue weighted by atomic mass is 9.96. The molecule has 1 unspecified atom stereocenters. The molecular weight excluding hydrogens is 402 g/mol. The van der Waals surface area contributed by atoms with E-state index < -0.39 is 6.10 Å². The Balaban J connectivity index is 1.55. The first-order valence-electron chi connectivity index (χ1n) is 10.0. The fraction of sp³-hybridized carbons (Fsp3) is 0.391. The number of likely N-dealkylation sites (tertiary alicyclic amines) is 1. The highest BCUT2D eigenvalue weighted by Gasteiger charge is 2.24. The molecule has 30 heavy (non-hydrogen) atoms. The maximum Gasteiger partial charge on any atom is 0.220 e. The van der Waals surface area contributed by atoms with Crippen LogP contribution in [0, 0.1) is 17.2 Å². The fourth-order valence-electron chi connectivity index (χ4n) is 3.66. The molecule has 6 nitrogen and oxygen atoms in total. The van der Waals surface area contributed by atoms with Gasteiger partial charge in [-0.2, -0.15) is 5.26 Å². The van der Waals surface area contributed by atoms with Crippen LogP contribution in [0.25, 0.3) is 11.1 Å². The summed E-state index contributed by atoms with van der Waals surface area (Å²) in [6.45, 7) is 2.12. The number of piperidine rings is 1. The monoisotopic (exact) mass is 427 g/mol. The quantitative estimate of drug-likeness (QED) is 0.674. The van der Waals surface area contributed by atoms with Crippen molar-refractivity contribution >= 4 is 17.5 Å². The Hall–Kier alpha value is -2.59. The van der Waals surface area contributed by atoms with Crippen molar-refractivity contribution in [3.8, 4) is 22.9 Å². The van der Waals surface area contributed by atoms with Gasteiger partial charge in [0.2, 0.25) is 5.91 Å². The van der Waals surface area contributed by atoms with Crippen LogP contribution in [-0.4, -0.2) is 48.3 Å². The van der Waals surface area contributed by atoms with Crippen LogP contribution in [0.1, 0.15) is 18.4 Å². The number of benzene rings is 2. The number of carbonyl (C=O) groups is 1. The van der Waals surface area contributed by atoms with E-state index >= 15 is 0 Å². The number of nitrogens with zero attached hydrogens (tertiary/aromatic N) is 2. The predicted molar refractivity (Wildman–Crippen MR) is 116 cm³/mol. The van der Waals surface area contributed by atoms with Gasteiger partial charge >= 0.3 is 0 Å². The third kappa shape index (κ3) is 6.20. The lowest BCUT2D eigenvalue weighted by molar-refractivity contribution is -0.123. The number of amides is 1. The highest BCUT2D eigenvalue weighted by atomic mass is 35.5. The van der Waals surface area contributed by atoms with Gasteiger partial charge < -0.3 is 20.5 Å². The van der Waals surface area contributed by atoms with Crippen LogP contribution in [0.15, 0.2) is 42.5 Å². The van der Waals surface area contributed by atoms with Gasteiger partial charge in [0.25, 0.3) is 0 Å².